The summed E-state index contributed by atoms with van der Waals surface area (Å²) in [6.45, 7) is -4.33. The third-order valence-corrected chi connectivity index (χ3v) is 4.52. The highest BCUT2D eigenvalue weighted by Crippen LogP contribution is 2.39. The smallest absolute Gasteiger partial charge is 0.162 e. The van der Waals surface area contributed by atoms with E-state index in [1.54, 1.807) is 14.2 Å². The maximum absolute atomic E-state index is 12.8. The first-order valence-electron chi connectivity index (χ1n) is 10.7. The Kier molecular flexibility index (Phi) is 2.73. The third-order valence-electron chi connectivity index (χ3n) is 4.52. The van der Waals surface area contributed by atoms with Crippen LogP contribution in [0, 0.1) is 11.8 Å². The molecule has 0 amide bonds. The van der Waals surface area contributed by atoms with Crippen LogP contribution in [-0.2, 0) is 11.2 Å². The van der Waals surface area contributed by atoms with Gasteiger partial charge in [-0.1, -0.05) is 13.7 Å². The molecule has 2 aliphatic rings. The Hall–Kier alpha value is -1.97. The van der Waals surface area contributed by atoms with E-state index in [9.17, 15) is 4.79 Å². The molecule has 0 spiro atoms. The van der Waals surface area contributed by atoms with Crippen LogP contribution in [-0.4, -0.2) is 38.0 Å². The van der Waals surface area contributed by atoms with Crippen molar-refractivity contribution in [1.29, 1.82) is 0 Å². The molecule has 0 radical (unpaired) electrons. The summed E-state index contributed by atoms with van der Waals surface area (Å²) in [5.41, 5.74) is 2.68. The first-order valence-corrected chi connectivity index (χ1v) is 7.71. The summed E-state index contributed by atoms with van der Waals surface area (Å²) < 4.78 is 56.3. The third kappa shape index (κ3) is 2.94. The van der Waals surface area contributed by atoms with Crippen LogP contribution in [0.4, 0.5) is 0 Å². The van der Waals surface area contributed by atoms with Crippen molar-refractivity contribution in [3.63, 3.8) is 0 Å². The quantitative estimate of drug-likeness (QED) is 0.854. The molecule has 4 heteroatoms. The Labute approximate surface area is 146 Å². The highest BCUT2D eigenvalue weighted by atomic mass is 16.5. The SMILES string of the molecule is [2H]C([2H])([2H])C(CC1CN2CCc3cc(OC)c(OC)cc3C2=CC1=O)C([2H])([2H])[2H]. The number of rotatable bonds is 4. The summed E-state index contributed by atoms with van der Waals surface area (Å²) >= 11 is 0. The van der Waals surface area contributed by atoms with E-state index in [0.29, 0.717) is 24.6 Å². The number of carbonyl (C=O) groups is 1. The Morgan fingerprint density at radius 1 is 1.30 bits per heavy atom. The van der Waals surface area contributed by atoms with Crippen molar-refractivity contribution in [2.24, 2.45) is 11.8 Å². The lowest BCUT2D eigenvalue weighted by Gasteiger charge is -2.39. The van der Waals surface area contributed by atoms with Crippen molar-refractivity contribution < 1.29 is 22.5 Å². The van der Waals surface area contributed by atoms with Crippen molar-refractivity contribution >= 4 is 11.5 Å². The van der Waals surface area contributed by atoms with E-state index in [4.69, 9.17) is 17.7 Å². The first-order chi connectivity index (χ1) is 13.5. The zero-order chi connectivity index (χ0) is 21.6. The van der Waals surface area contributed by atoms with Gasteiger partial charge < -0.3 is 14.4 Å². The molecule has 2 heterocycles. The maximum Gasteiger partial charge on any atom is 0.162 e. The Balaban J connectivity index is 1.92. The molecule has 0 saturated heterocycles. The average Bonchev–Trinajstić information content (AvgIpc) is 2.63. The van der Waals surface area contributed by atoms with Gasteiger partial charge in [-0.25, -0.2) is 0 Å². The topological polar surface area (TPSA) is 38.8 Å². The van der Waals surface area contributed by atoms with Gasteiger partial charge in [0.2, 0.25) is 0 Å². The van der Waals surface area contributed by atoms with Crippen molar-refractivity contribution in [1.82, 2.24) is 4.90 Å². The summed E-state index contributed by atoms with van der Waals surface area (Å²) in [4.78, 5) is 14.8. The Bertz CT molecular complexity index is 816. The van der Waals surface area contributed by atoms with Crippen molar-refractivity contribution in [2.75, 3.05) is 27.3 Å². The summed E-state index contributed by atoms with van der Waals surface area (Å²) in [5, 5.41) is 0. The zero-order valence-electron chi connectivity index (χ0n) is 19.4. The average molecular weight is 321 g/mol. The van der Waals surface area contributed by atoms with Crippen LogP contribution in [0.1, 0.15) is 39.5 Å². The van der Waals surface area contributed by atoms with Gasteiger partial charge in [0.1, 0.15) is 0 Å². The molecule has 0 aliphatic carbocycles. The van der Waals surface area contributed by atoms with Gasteiger partial charge in [0, 0.05) is 44.6 Å². The number of methoxy groups -OCH3 is 2. The van der Waals surface area contributed by atoms with Crippen molar-refractivity contribution in [3.8, 4) is 11.5 Å². The van der Waals surface area contributed by atoms with Gasteiger partial charge in [-0.3, -0.25) is 4.79 Å². The fraction of sp³-hybridized carbons (Fsp3) is 0.526. The van der Waals surface area contributed by atoms with E-state index >= 15 is 0 Å². The predicted molar refractivity (Wildman–Crippen MR) is 90.8 cm³/mol. The van der Waals surface area contributed by atoms with E-state index in [-0.39, 0.29) is 12.2 Å². The van der Waals surface area contributed by atoms with E-state index in [0.717, 1.165) is 23.2 Å². The van der Waals surface area contributed by atoms with E-state index in [1.165, 1.54) is 6.08 Å². The summed E-state index contributed by atoms with van der Waals surface area (Å²) in [5.74, 6) is -1.24. The molecule has 3 rings (SSSR count). The second-order valence-electron chi connectivity index (χ2n) is 5.98. The highest BCUT2D eigenvalue weighted by Gasteiger charge is 2.32. The van der Waals surface area contributed by atoms with Crippen LogP contribution in [0.2, 0.25) is 0 Å². The molecule has 0 fully saturated rings. The molecule has 1 unspecified atom stereocenters. The molecule has 4 nitrogen and oxygen atoms in total. The Morgan fingerprint density at radius 2 is 2.04 bits per heavy atom. The lowest BCUT2D eigenvalue weighted by atomic mass is 9.85. The molecule has 1 aromatic rings. The van der Waals surface area contributed by atoms with Gasteiger partial charge in [-0.15, -0.1) is 0 Å². The molecule has 0 bridgehead atoms. The molecular weight excluding hydrogens is 290 g/mol. The standard InChI is InChI=1S/C19H25NO3/c1-12(2)7-14-11-20-6-5-13-8-18(22-3)19(23-4)9-15(13)16(20)10-17(14)21/h8-10,12,14H,5-7,11H2,1-4H3/i1D3,2D3. The van der Waals surface area contributed by atoms with Crippen molar-refractivity contribution in [2.45, 2.75) is 26.5 Å². The number of nitrogens with zero attached hydrogens (tertiary/aromatic N) is 1. The number of benzene rings is 1. The second kappa shape index (κ2) is 6.26. The van der Waals surface area contributed by atoms with Gasteiger partial charge in [0.25, 0.3) is 0 Å². The Morgan fingerprint density at radius 3 is 2.74 bits per heavy atom. The molecular formula is C19H25NO3. The monoisotopic (exact) mass is 321 g/mol. The van der Waals surface area contributed by atoms with Gasteiger partial charge in [0.05, 0.1) is 14.2 Å². The minimum atomic E-state index is -2.64. The maximum atomic E-state index is 12.8. The lowest BCUT2D eigenvalue weighted by Crippen LogP contribution is -2.40. The largest absolute Gasteiger partial charge is 0.493 e. The van der Waals surface area contributed by atoms with Crippen LogP contribution in [0.15, 0.2) is 18.2 Å². The minimum Gasteiger partial charge on any atom is -0.493 e. The number of fused-ring (bicyclic) bond motifs is 3. The van der Waals surface area contributed by atoms with E-state index < -0.39 is 25.5 Å². The molecule has 0 aromatic heterocycles. The number of hydrogen-bond donors (Lipinski definition) is 0. The highest BCUT2D eigenvalue weighted by molar-refractivity contribution is 6.00. The van der Waals surface area contributed by atoms with Crippen LogP contribution in [0.5, 0.6) is 11.5 Å². The lowest BCUT2D eigenvalue weighted by molar-refractivity contribution is -0.119. The number of ether oxygens (including phenoxy) is 2. The van der Waals surface area contributed by atoms with E-state index in [1.807, 2.05) is 17.0 Å². The number of carbonyl (C=O) groups excluding carboxylic acids is 1. The molecule has 124 valence electrons. The van der Waals surface area contributed by atoms with Crippen molar-refractivity contribution in [3.05, 3.63) is 29.3 Å². The molecule has 0 saturated carbocycles. The molecule has 1 aromatic carbocycles. The minimum absolute atomic E-state index is 0.190. The number of hydrogen-bond acceptors (Lipinski definition) is 4. The molecule has 0 N–H and O–H groups in total. The van der Waals surface area contributed by atoms with Gasteiger partial charge in [0.15, 0.2) is 17.3 Å². The normalized spacial score (nSPS) is 25.0. The predicted octanol–water partition coefficient (Wildman–Crippen LogP) is 3.15. The van der Waals surface area contributed by atoms with Crippen LogP contribution in [0.25, 0.3) is 5.70 Å². The number of ketones is 1. The summed E-state index contributed by atoms with van der Waals surface area (Å²) in [6.07, 6.45) is 2.05. The number of allylic oxidation sites excluding steroid dienone is 1. The van der Waals surface area contributed by atoms with Gasteiger partial charge in [-0.2, -0.15) is 0 Å². The van der Waals surface area contributed by atoms with Gasteiger partial charge >= 0.3 is 0 Å². The molecule has 23 heavy (non-hydrogen) atoms. The molecule has 1 atom stereocenters. The zero-order valence-corrected chi connectivity index (χ0v) is 13.4. The van der Waals surface area contributed by atoms with Gasteiger partial charge in [-0.05, 0) is 36.5 Å². The fourth-order valence-corrected chi connectivity index (χ4v) is 3.36. The second-order valence-corrected chi connectivity index (χ2v) is 5.98. The van der Waals surface area contributed by atoms with Crippen LogP contribution in [0.3, 0.4) is 0 Å². The van der Waals surface area contributed by atoms with Crippen LogP contribution >= 0.6 is 0 Å². The van der Waals surface area contributed by atoms with Crippen LogP contribution < -0.4 is 9.47 Å². The molecule has 2 aliphatic heterocycles. The fourth-order valence-electron chi connectivity index (χ4n) is 3.36. The summed E-state index contributed by atoms with van der Waals surface area (Å²) in [6, 6.07) is 3.75. The van der Waals surface area contributed by atoms with E-state index in [2.05, 4.69) is 0 Å². The first kappa shape index (κ1) is 10.0. The summed E-state index contributed by atoms with van der Waals surface area (Å²) in [7, 11) is 3.12.